The molecule has 5 heteroatoms. The van der Waals surface area contributed by atoms with Crippen LogP contribution in [0.3, 0.4) is 0 Å². The lowest BCUT2D eigenvalue weighted by Gasteiger charge is -2.17. The Morgan fingerprint density at radius 2 is 2.28 bits per heavy atom. The van der Waals surface area contributed by atoms with Crippen LogP contribution >= 0.6 is 11.6 Å². The number of hydrogen-bond acceptors (Lipinski definition) is 3. The second kappa shape index (κ2) is 7.24. The van der Waals surface area contributed by atoms with Gasteiger partial charge in [-0.3, -0.25) is 4.79 Å². The van der Waals surface area contributed by atoms with Gasteiger partial charge in [0, 0.05) is 17.7 Å². The van der Waals surface area contributed by atoms with Crippen molar-refractivity contribution in [2.45, 2.75) is 25.8 Å². The van der Waals surface area contributed by atoms with Gasteiger partial charge in [0.15, 0.2) is 0 Å². The van der Waals surface area contributed by atoms with Crippen LogP contribution < -0.4 is 10.1 Å². The summed E-state index contributed by atoms with van der Waals surface area (Å²) in [5.74, 6) is 0.241. The van der Waals surface area contributed by atoms with E-state index in [1.54, 1.807) is 18.2 Å². The zero-order chi connectivity index (χ0) is 13.5. The van der Waals surface area contributed by atoms with E-state index >= 15 is 0 Å². The molecule has 0 bridgehead atoms. The van der Waals surface area contributed by atoms with Gasteiger partial charge in [0.1, 0.15) is 5.75 Å². The van der Waals surface area contributed by atoms with Crippen LogP contribution in [0.1, 0.15) is 30.1 Å². The van der Waals surface area contributed by atoms with Crippen molar-refractivity contribution in [1.29, 1.82) is 0 Å². The summed E-state index contributed by atoms with van der Waals surface area (Å²) in [6.07, 6.45) is 1.29. The minimum atomic E-state index is -0.241. The van der Waals surface area contributed by atoms with Gasteiger partial charge in [-0.1, -0.05) is 18.5 Å². The molecular formula is C13H18ClNO3. The number of hydrogen-bond donors (Lipinski definition) is 2. The van der Waals surface area contributed by atoms with Gasteiger partial charge < -0.3 is 15.2 Å². The Bertz CT molecular complexity index is 409. The van der Waals surface area contributed by atoms with Crippen molar-refractivity contribution in [3.8, 4) is 5.75 Å². The first-order valence-corrected chi connectivity index (χ1v) is 6.25. The average molecular weight is 272 g/mol. The third-order valence-electron chi connectivity index (χ3n) is 2.71. The van der Waals surface area contributed by atoms with Crippen molar-refractivity contribution in [3.05, 3.63) is 28.8 Å². The molecule has 18 heavy (non-hydrogen) atoms. The van der Waals surface area contributed by atoms with Crippen LogP contribution in [0.5, 0.6) is 5.75 Å². The van der Waals surface area contributed by atoms with Crippen molar-refractivity contribution in [2.24, 2.45) is 0 Å². The molecule has 2 N–H and O–H groups in total. The van der Waals surface area contributed by atoms with E-state index in [0.29, 0.717) is 22.8 Å². The first-order valence-electron chi connectivity index (χ1n) is 5.87. The first-order chi connectivity index (χ1) is 8.62. The van der Waals surface area contributed by atoms with Crippen molar-refractivity contribution < 1.29 is 14.6 Å². The highest BCUT2D eigenvalue weighted by molar-refractivity contribution is 6.31. The number of nitrogens with one attached hydrogen (secondary N) is 1. The number of benzene rings is 1. The van der Waals surface area contributed by atoms with E-state index < -0.39 is 0 Å². The molecule has 0 heterocycles. The predicted octanol–water partition coefficient (Wildman–Crippen LogP) is 2.24. The number of amides is 1. The Hall–Kier alpha value is -1.26. The number of halogens is 1. The van der Waals surface area contributed by atoms with Gasteiger partial charge in [-0.2, -0.15) is 0 Å². The molecule has 1 atom stereocenters. The predicted molar refractivity (Wildman–Crippen MR) is 71.3 cm³/mol. The third kappa shape index (κ3) is 3.89. The van der Waals surface area contributed by atoms with E-state index in [1.807, 2.05) is 6.92 Å². The van der Waals surface area contributed by atoms with Crippen LogP contribution in [0.4, 0.5) is 0 Å². The third-order valence-corrected chi connectivity index (χ3v) is 2.95. The fourth-order valence-electron chi connectivity index (χ4n) is 1.65. The monoisotopic (exact) mass is 271 g/mol. The minimum Gasteiger partial charge on any atom is -0.496 e. The summed E-state index contributed by atoms with van der Waals surface area (Å²) in [6.45, 7) is 2.00. The first kappa shape index (κ1) is 14.8. The van der Waals surface area contributed by atoms with Crippen molar-refractivity contribution in [3.63, 3.8) is 0 Å². The number of ether oxygens (including phenoxy) is 1. The van der Waals surface area contributed by atoms with E-state index in [1.165, 1.54) is 7.11 Å². The summed E-state index contributed by atoms with van der Waals surface area (Å²) < 4.78 is 5.13. The summed E-state index contributed by atoms with van der Waals surface area (Å²) in [7, 11) is 1.51. The SMILES string of the molecule is CCC(CCO)NC(=O)c1cc(Cl)ccc1OC. The minimum absolute atomic E-state index is 0.0471. The molecule has 0 aromatic heterocycles. The van der Waals surface area contributed by atoms with Gasteiger partial charge in [-0.15, -0.1) is 0 Å². The maximum absolute atomic E-state index is 12.1. The molecule has 100 valence electrons. The van der Waals surface area contributed by atoms with Gasteiger partial charge in [0.05, 0.1) is 12.7 Å². The summed E-state index contributed by atoms with van der Waals surface area (Å²) in [5.41, 5.74) is 0.404. The largest absolute Gasteiger partial charge is 0.496 e. The summed E-state index contributed by atoms with van der Waals surface area (Å²) >= 11 is 5.87. The van der Waals surface area contributed by atoms with Crippen LogP contribution in [0.2, 0.25) is 5.02 Å². The van der Waals surface area contributed by atoms with Crippen LogP contribution in [-0.2, 0) is 0 Å². The number of methoxy groups -OCH3 is 1. The molecule has 1 aromatic rings. The maximum Gasteiger partial charge on any atom is 0.255 e. The lowest BCUT2D eigenvalue weighted by atomic mass is 10.1. The maximum atomic E-state index is 12.1. The molecule has 0 spiro atoms. The molecule has 0 aliphatic rings. The van der Waals surface area contributed by atoms with Crippen LogP contribution in [0.15, 0.2) is 18.2 Å². The highest BCUT2D eigenvalue weighted by Crippen LogP contribution is 2.22. The van der Waals surface area contributed by atoms with Gasteiger partial charge >= 0.3 is 0 Å². The summed E-state index contributed by atoms with van der Waals surface area (Å²) in [4.78, 5) is 12.1. The fraction of sp³-hybridized carbons (Fsp3) is 0.462. The molecular weight excluding hydrogens is 254 g/mol. The standard InChI is InChI=1S/C13H18ClNO3/c1-3-10(6-7-16)15-13(17)11-8-9(14)4-5-12(11)18-2/h4-5,8,10,16H,3,6-7H2,1-2H3,(H,15,17). The fourth-order valence-corrected chi connectivity index (χ4v) is 1.83. The molecule has 4 nitrogen and oxygen atoms in total. The molecule has 1 rings (SSSR count). The lowest BCUT2D eigenvalue weighted by Crippen LogP contribution is -2.35. The molecule has 1 aromatic carbocycles. The second-order valence-corrected chi connectivity index (χ2v) is 4.37. The molecule has 0 fully saturated rings. The number of aliphatic hydroxyl groups excluding tert-OH is 1. The van der Waals surface area contributed by atoms with Gasteiger partial charge in [-0.25, -0.2) is 0 Å². The molecule has 0 aliphatic heterocycles. The zero-order valence-corrected chi connectivity index (χ0v) is 11.3. The van der Waals surface area contributed by atoms with E-state index in [-0.39, 0.29) is 18.6 Å². The molecule has 1 unspecified atom stereocenters. The highest BCUT2D eigenvalue weighted by atomic mass is 35.5. The summed E-state index contributed by atoms with van der Waals surface area (Å²) in [5, 5.41) is 12.2. The molecule has 0 aliphatic carbocycles. The Morgan fingerprint density at radius 3 is 2.83 bits per heavy atom. The van der Waals surface area contributed by atoms with E-state index in [9.17, 15) is 4.79 Å². The number of carbonyl (C=O) groups excluding carboxylic acids is 1. The zero-order valence-electron chi connectivity index (χ0n) is 10.6. The van der Waals surface area contributed by atoms with E-state index in [4.69, 9.17) is 21.4 Å². The smallest absolute Gasteiger partial charge is 0.255 e. The summed E-state index contributed by atoms with van der Waals surface area (Å²) in [6, 6.07) is 4.85. The van der Waals surface area contributed by atoms with Gasteiger partial charge in [0.25, 0.3) is 5.91 Å². The second-order valence-electron chi connectivity index (χ2n) is 3.94. The topological polar surface area (TPSA) is 58.6 Å². The Kier molecular flexibility index (Phi) is 5.95. The van der Waals surface area contributed by atoms with E-state index in [0.717, 1.165) is 6.42 Å². The van der Waals surface area contributed by atoms with Crippen molar-refractivity contribution in [1.82, 2.24) is 5.32 Å². The molecule has 0 saturated carbocycles. The van der Waals surface area contributed by atoms with Crippen LogP contribution in [0.25, 0.3) is 0 Å². The Balaban J connectivity index is 2.85. The number of rotatable bonds is 6. The number of aliphatic hydroxyl groups is 1. The van der Waals surface area contributed by atoms with Crippen molar-refractivity contribution >= 4 is 17.5 Å². The quantitative estimate of drug-likeness (QED) is 0.834. The van der Waals surface area contributed by atoms with Crippen molar-refractivity contribution in [2.75, 3.05) is 13.7 Å². The van der Waals surface area contributed by atoms with E-state index in [2.05, 4.69) is 5.32 Å². The molecule has 0 radical (unpaired) electrons. The Morgan fingerprint density at radius 1 is 1.56 bits per heavy atom. The number of carbonyl (C=O) groups is 1. The van der Waals surface area contributed by atoms with Crippen LogP contribution in [0, 0.1) is 0 Å². The molecule has 0 saturated heterocycles. The van der Waals surface area contributed by atoms with Gasteiger partial charge in [-0.05, 0) is 31.0 Å². The van der Waals surface area contributed by atoms with Gasteiger partial charge in [0.2, 0.25) is 0 Å². The van der Waals surface area contributed by atoms with Crippen LogP contribution in [-0.4, -0.2) is 30.8 Å². The molecule has 1 amide bonds. The lowest BCUT2D eigenvalue weighted by molar-refractivity contribution is 0.0926. The highest BCUT2D eigenvalue weighted by Gasteiger charge is 2.16. The Labute approximate surface area is 112 Å². The normalized spacial score (nSPS) is 12.0. The average Bonchev–Trinajstić information content (AvgIpc) is 2.38.